The first kappa shape index (κ1) is 10.3. The SMILES string of the molecule is OCCOc1ncnc2ccc(Br)cc12. The van der Waals surface area contributed by atoms with E-state index in [1.54, 1.807) is 0 Å². The Morgan fingerprint density at radius 1 is 1.33 bits per heavy atom. The molecule has 1 aromatic carbocycles. The second kappa shape index (κ2) is 4.55. The van der Waals surface area contributed by atoms with Gasteiger partial charge in [-0.05, 0) is 18.2 Å². The summed E-state index contributed by atoms with van der Waals surface area (Å²) in [5.74, 6) is 0.496. The molecule has 78 valence electrons. The largest absolute Gasteiger partial charge is 0.475 e. The monoisotopic (exact) mass is 268 g/mol. The van der Waals surface area contributed by atoms with E-state index in [-0.39, 0.29) is 13.2 Å². The van der Waals surface area contributed by atoms with Crippen LogP contribution in [0.1, 0.15) is 0 Å². The lowest BCUT2D eigenvalue weighted by atomic mass is 10.2. The molecule has 2 aromatic rings. The molecule has 0 spiro atoms. The quantitative estimate of drug-likeness (QED) is 0.922. The average molecular weight is 269 g/mol. The number of halogens is 1. The van der Waals surface area contributed by atoms with Crippen molar-refractivity contribution >= 4 is 26.8 Å². The van der Waals surface area contributed by atoms with Crippen LogP contribution >= 0.6 is 15.9 Å². The summed E-state index contributed by atoms with van der Waals surface area (Å²) in [6.07, 6.45) is 1.45. The van der Waals surface area contributed by atoms with Crippen LogP contribution in [0.25, 0.3) is 10.9 Å². The predicted octanol–water partition coefficient (Wildman–Crippen LogP) is 1.76. The zero-order chi connectivity index (χ0) is 10.7. The van der Waals surface area contributed by atoms with Gasteiger partial charge >= 0.3 is 0 Å². The van der Waals surface area contributed by atoms with Crippen molar-refractivity contribution in [1.29, 1.82) is 0 Å². The summed E-state index contributed by atoms with van der Waals surface area (Å²) in [5.41, 5.74) is 0.820. The molecule has 0 saturated carbocycles. The van der Waals surface area contributed by atoms with Gasteiger partial charge in [0, 0.05) is 4.47 Å². The van der Waals surface area contributed by atoms with Crippen LogP contribution in [-0.2, 0) is 0 Å². The molecule has 0 radical (unpaired) electrons. The van der Waals surface area contributed by atoms with E-state index in [1.807, 2.05) is 18.2 Å². The van der Waals surface area contributed by atoms with Gasteiger partial charge < -0.3 is 9.84 Å². The maximum absolute atomic E-state index is 8.68. The number of ether oxygens (including phenoxy) is 1. The molecule has 0 saturated heterocycles. The normalized spacial score (nSPS) is 10.5. The fraction of sp³-hybridized carbons (Fsp3) is 0.200. The molecule has 0 aliphatic heterocycles. The lowest BCUT2D eigenvalue weighted by molar-refractivity contribution is 0.198. The molecule has 5 heteroatoms. The van der Waals surface area contributed by atoms with Gasteiger partial charge in [0.25, 0.3) is 0 Å². The fourth-order valence-corrected chi connectivity index (χ4v) is 1.62. The standard InChI is InChI=1S/C10H9BrN2O2/c11-7-1-2-9-8(5-7)10(13-6-12-9)15-4-3-14/h1-2,5-6,14H,3-4H2. The Morgan fingerprint density at radius 3 is 3.00 bits per heavy atom. The van der Waals surface area contributed by atoms with Crippen molar-refractivity contribution in [3.8, 4) is 5.88 Å². The molecule has 0 bridgehead atoms. The molecule has 4 nitrogen and oxygen atoms in total. The molecule has 1 N–H and O–H groups in total. The highest BCUT2D eigenvalue weighted by molar-refractivity contribution is 9.10. The maximum Gasteiger partial charge on any atom is 0.224 e. The van der Waals surface area contributed by atoms with Crippen LogP contribution in [0, 0.1) is 0 Å². The Hall–Kier alpha value is -1.20. The molecule has 0 unspecified atom stereocenters. The molecule has 0 aliphatic rings. The van der Waals surface area contributed by atoms with Crippen LogP contribution in [0.4, 0.5) is 0 Å². The molecular weight excluding hydrogens is 260 g/mol. The summed E-state index contributed by atoms with van der Waals surface area (Å²) in [7, 11) is 0. The summed E-state index contributed by atoms with van der Waals surface area (Å²) >= 11 is 3.37. The van der Waals surface area contributed by atoms with Crippen LogP contribution in [0.3, 0.4) is 0 Å². The van der Waals surface area contributed by atoms with Crippen molar-refractivity contribution < 1.29 is 9.84 Å². The highest BCUT2D eigenvalue weighted by Crippen LogP contribution is 2.24. The highest BCUT2D eigenvalue weighted by atomic mass is 79.9. The average Bonchev–Trinajstić information content (AvgIpc) is 2.26. The second-order valence-corrected chi connectivity index (χ2v) is 3.83. The number of aliphatic hydroxyl groups is 1. The van der Waals surface area contributed by atoms with Crippen LogP contribution in [0.5, 0.6) is 5.88 Å². The minimum Gasteiger partial charge on any atom is -0.475 e. The molecular formula is C10H9BrN2O2. The third-order valence-corrected chi connectivity index (χ3v) is 2.38. The molecule has 0 aliphatic carbocycles. The first-order chi connectivity index (χ1) is 7.31. The number of rotatable bonds is 3. The summed E-state index contributed by atoms with van der Waals surface area (Å²) in [6, 6.07) is 5.68. The van der Waals surface area contributed by atoms with Crippen molar-refractivity contribution in [2.24, 2.45) is 0 Å². The van der Waals surface area contributed by atoms with Crippen molar-refractivity contribution in [2.75, 3.05) is 13.2 Å². The third-order valence-electron chi connectivity index (χ3n) is 1.89. The molecule has 1 heterocycles. The molecule has 0 fully saturated rings. The number of hydrogen-bond donors (Lipinski definition) is 1. The van der Waals surface area contributed by atoms with Gasteiger partial charge in [-0.25, -0.2) is 9.97 Å². The number of nitrogens with zero attached hydrogens (tertiary/aromatic N) is 2. The van der Waals surface area contributed by atoms with E-state index in [2.05, 4.69) is 25.9 Å². The third kappa shape index (κ3) is 2.24. The number of aliphatic hydroxyl groups excluding tert-OH is 1. The van der Waals surface area contributed by atoms with E-state index >= 15 is 0 Å². The topological polar surface area (TPSA) is 55.2 Å². The Morgan fingerprint density at radius 2 is 2.20 bits per heavy atom. The van der Waals surface area contributed by atoms with E-state index in [0.29, 0.717) is 5.88 Å². The van der Waals surface area contributed by atoms with Crippen LogP contribution in [-0.4, -0.2) is 28.3 Å². The van der Waals surface area contributed by atoms with Crippen molar-refractivity contribution in [3.05, 3.63) is 29.0 Å². The van der Waals surface area contributed by atoms with Gasteiger partial charge in [0.15, 0.2) is 0 Å². The smallest absolute Gasteiger partial charge is 0.224 e. The number of hydrogen-bond acceptors (Lipinski definition) is 4. The van der Waals surface area contributed by atoms with Crippen molar-refractivity contribution in [2.45, 2.75) is 0 Å². The minimum absolute atomic E-state index is 0.0283. The number of benzene rings is 1. The molecule has 0 atom stereocenters. The van der Waals surface area contributed by atoms with Crippen LogP contribution < -0.4 is 4.74 Å². The van der Waals surface area contributed by atoms with Gasteiger partial charge in [-0.15, -0.1) is 0 Å². The first-order valence-electron chi connectivity index (χ1n) is 4.45. The Bertz CT molecular complexity index is 476. The van der Waals surface area contributed by atoms with E-state index in [1.165, 1.54) is 6.33 Å². The highest BCUT2D eigenvalue weighted by Gasteiger charge is 2.04. The Kier molecular flexibility index (Phi) is 3.13. The van der Waals surface area contributed by atoms with Crippen molar-refractivity contribution in [3.63, 3.8) is 0 Å². The van der Waals surface area contributed by atoms with Crippen molar-refractivity contribution in [1.82, 2.24) is 9.97 Å². The van der Waals surface area contributed by atoms with E-state index in [4.69, 9.17) is 9.84 Å². The Balaban J connectivity index is 2.48. The van der Waals surface area contributed by atoms with Crippen LogP contribution in [0.2, 0.25) is 0 Å². The zero-order valence-corrected chi connectivity index (χ0v) is 9.44. The van der Waals surface area contributed by atoms with E-state index in [9.17, 15) is 0 Å². The second-order valence-electron chi connectivity index (χ2n) is 2.91. The summed E-state index contributed by atoms with van der Waals surface area (Å²) in [6.45, 7) is 0.206. The van der Waals surface area contributed by atoms with E-state index < -0.39 is 0 Å². The van der Waals surface area contributed by atoms with Gasteiger partial charge in [0.05, 0.1) is 17.5 Å². The summed E-state index contributed by atoms with van der Waals surface area (Å²) < 4.78 is 6.24. The lowest BCUT2D eigenvalue weighted by Gasteiger charge is -2.06. The van der Waals surface area contributed by atoms with Crippen LogP contribution in [0.15, 0.2) is 29.0 Å². The van der Waals surface area contributed by atoms with Gasteiger partial charge in [-0.1, -0.05) is 15.9 Å². The molecule has 0 amide bonds. The number of aromatic nitrogens is 2. The maximum atomic E-state index is 8.68. The fourth-order valence-electron chi connectivity index (χ4n) is 1.26. The molecule has 15 heavy (non-hydrogen) atoms. The lowest BCUT2D eigenvalue weighted by Crippen LogP contribution is -2.03. The zero-order valence-electron chi connectivity index (χ0n) is 7.85. The van der Waals surface area contributed by atoms with Gasteiger partial charge in [0.1, 0.15) is 12.9 Å². The summed E-state index contributed by atoms with van der Waals surface area (Å²) in [4.78, 5) is 8.14. The van der Waals surface area contributed by atoms with Gasteiger partial charge in [0.2, 0.25) is 5.88 Å². The minimum atomic E-state index is -0.0283. The Labute approximate surface area is 95.1 Å². The predicted molar refractivity (Wildman–Crippen MR) is 59.8 cm³/mol. The van der Waals surface area contributed by atoms with E-state index in [0.717, 1.165) is 15.4 Å². The van der Waals surface area contributed by atoms with Gasteiger partial charge in [-0.3, -0.25) is 0 Å². The molecule has 1 aromatic heterocycles. The first-order valence-corrected chi connectivity index (χ1v) is 5.24. The summed E-state index contributed by atoms with van der Waals surface area (Å²) in [5, 5.41) is 9.51. The molecule has 2 rings (SSSR count). The van der Waals surface area contributed by atoms with Gasteiger partial charge in [-0.2, -0.15) is 0 Å². The number of fused-ring (bicyclic) bond motifs is 1.